The standard InChI is InChI=1S/C29H25BrO3Si/c1-22(29(31)32-2)28(23-13-12-14-24(30)21-23)33-34(25-15-6-3-7-16-25,26-17-8-4-9-18-26)27-19-10-5-11-20-27/h3-21,28H,1H2,2H3/t28-/m1/s1. The Morgan fingerprint density at radius 3 is 1.65 bits per heavy atom. The monoisotopic (exact) mass is 528 g/mol. The Balaban J connectivity index is 2.00. The molecule has 0 aliphatic rings. The summed E-state index contributed by atoms with van der Waals surface area (Å²) in [5.41, 5.74) is 1.07. The lowest BCUT2D eigenvalue weighted by atomic mass is 10.0. The number of halogens is 1. The maximum absolute atomic E-state index is 12.7. The third-order valence-corrected chi connectivity index (χ3v) is 10.3. The van der Waals surface area contributed by atoms with Gasteiger partial charge in [-0.3, -0.25) is 0 Å². The molecule has 4 aromatic rings. The molecule has 3 nitrogen and oxygen atoms in total. The van der Waals surface area contributed by atoms with Crippen molar-refractivity contribution in [3.8, 4) is 0 Å². The van der Waals surface area contributed by atoms with Gasteiger partial charge in [-0.25, -0.2) is 4.79 Å². The fourth-order valence-corrected chi connectivity index (χ4v) is 8.59. The molecule has 4 aromatic carbocycles. The van der Waals surface area contributed by atoms with E-state index in [0.29, 0.717) is 0 Å². The molecule has 0 N–H and O–H groups in total. The van der Waals surface area contributed by atoms with Gasteiger partial charge in [0.25, 0.3) is 8.32 Å². The minimum Gasteiger partial charge on any atom is -0.466 e. The number of hydrogen-bond acceptors (Lipinski definition) is 3. The van der Waals surface area contributed by atoms with Crippen molar-refractivity contribution in [3.05, 3.63) is 137 Å². The first-order valence-corrected chi connectivity index (χ1v) is 13.6. The van der Waals surface area contributed by atoms with E-state index in [9.17, 15) is 4.79 Å². The highest BCUT2D eigenvalue weighted by Crippen LogP contribution is 2.31. The van der Waals surface area contributed by atoms with E-state index in [2.05, 4.69) is 58.9 Å². The van der Waals surface area contributed by atoms with Gasteiger partial charge in [-0.05, 0) is 33.3 Å². The van der Waals surface area contributed by atoms with Crippen molar-refractivity contribution in [2.45, 2.75) is 6.10 Å². The van der Waals surface area contributed by atoms with Crippen LogP contribution in [0.4, 0.5) is 0 Å². The number of benzene rings is 4. The molecule has 0 aromatic heterocycles. The zero-order valence-corrected chi connectivity index (χ0v) is 21.4. The van der Waals surface area contributed by atoms with Crippen LogP contribution < -0.4 is 15.6 Å². The Kier molecular flexibility index (Phi) is 7.58. The number of hydrogen-bond donors (Lipinski definition) is 0. The lowest BCUT2D eigenvalue weighted by Gasteiger charge is -2.37. The number of carbonyl (C=O) groups is 1. The predicted molar refractivity (Wildman–Crippen MR) is 143 cm³/mol. The van der Waals surface area contributed by atoms with Crippen LogP contribution in [0.1, 0.15) is 11.7 Å². The van der Waals surface area contributed by atoms with Crippen LogP contribution in [-0.2, 0) is 14.0 Å². The smallest absolute Gasteiger partial charge is 0.336 e. The molecule has 0 radical (unpaired) electrons. The molecule has 5 heteroatoms. The maximum atomic E-state index is 12.7. The van der Waals surface area contributed by atoms with Gasteiger partial charge < -0.3 is 9.16 Å². The van der Waals surface area contributed by atoms with E-state index in [-0.39, 0.29) is 5.57 Å². The highest BCUT2D eigenvalue weighted by Gasteiger charge is 2.45. The molecule has 0 heterocycles. The van der Waals surface area contributed by atoms with Gasteiger partial charge in [0.05, 0.1) is 12.7 Å². The Morgan fingerprint density at radius 2 is 1.24 bits per heavy atom. The van der Waals surface area contributed by atoms with Gasteiger partial charge in [0.2, 0.25) is 0 Å². The second kappa shape index (κ2) is 10.8. The molecule has 0 saturated heterocycles. The van der Waals surface area contributed by atoms with Gasteiger partial charge in [0, 0.05) is 4.47 Å². The second-order valence-corrected chi connectivity index (χ2v) is 12.1. The molecular weight excluding hydrogens is 504 g/mol. The molecule has 0 spiro atoms. The molecule has 4 rings (SSSR count). The van der Waals surface area contributed by atoms with Gasteiger partial charge >= 0.3 is 5.97 Å². The number of ether oxygens (including phenoxy) is 1. The summed E-state index contributed by atoms with van der Waals surface area (Å²) >= 11 is 3.56. The van der Waals surface area contributed by atoms with Crippen LogP contribution in [0.2, 0.25) is 0 Å². The SMILES string of the molecule is C=C(C(=O)OC)[C@@H](O[Si](c1ccccc1)(c1ccccc1)c1ccccc1)c1cccc(Br)c1. The lowest BCUT2D eigenvalue weighted by molar-refractivity contribution is -0.137. The van der Waals surface area contributed by atoms with Crippen molar-refractivity contribution in [1.29, 1.82) is 0 Å². The molecule has 0 saturated carbocycles. The van der Waals surface area contributed by atoms with Crippen LogP contribution in [-0.4, -0.2) is 21.4 Å². The lowest BCUT2D eigenvalue weighted by Crippen LogP contribution is -2.69. The molecule has 0 amide bonds. The van der Waals surface area contributed by atoms with E-state index >= 15 is 0 Å². The third kappa shape index (κ3) is 4.82. The van der Waals surface area contributed by atoms with Crippen molar-refractivity contribution in [3.63, 3.8) is 0 Å². The van der Waals surface area contributed by atoms with Crippen molar-refractivity contribution in [2.24, 2.45) is 0 Å². The summed E-state index contributed by atoms with van der Waals surface area (Å²) in [5.74, 6) is -0.498. The second-order valence-electron chi connectivity index (χ2n) is 7.85. The predicted octanol–water partition coefficient (Wildman–Crippen LogP) is 4.90. The minimum absolute atomic E-state index is 0.250. The first-order chi connectivity index (χ1) is 16.6. The molecule has 1 atom stereocenters. The van der Waals surface area contributed by atoms with Crippen molar-refractivity contribution < 1.29 is 14.0 Å². The summed E-state index contributed by atoms with van der Waals surface area (Å²) in [6.45, 7) is 4.10. The summed E-state index contributed by atoms with van der Waals surface area (Å²) in [7, 11) is -1.73. The van der Waals surface area contributed by atoms with E-state index in [1.165, 1.54) is 7.11 Å². The van der Waals surface area contributed by atoms with E-state index < -0.39 is 20.4 Å². The number of rotatable bonds is 8. The van der Waals surface area contributed by atoms with Crippen LogP contribution in [0.3, 0.4) is 0 Å². The van der Waals surface area contributed by atoms with E-state index in [4.69, 9.17) is 9.16 Å². The van der Waals surface area contributed by atoms with Crippen LogP contribution in [0, 0.1) is 0 Å². The first kappa shape index (κ1) is 23.9. The molecule has 0 bridgehead atoms. The van der Waals surface area contributed by atoms with Crippen LogP contribution in [0.25, 0.3) is 0 Å². The quantitative estimate of drug-likeness (QED) is 0.141. The fraction of sp³-hybridized carbons (Fsp3) is 0.0690. The Labute approximate surface area is 209 Å². The van der Waals surface area contributed by atoms with Gasteiger partial charge in [0.1, 0.15) is 6.10 Å². The molecule has 0 aliphatic heterocycles. The molecule has 0 fully saturated rings. The van der Waals surface area contributed by atoms with E-state index in [1.54, 1.807) is 0 Å². The highest BCUT2D eigenvalue weighted by atomic mass is 79.9. The summed E-state index contributed by atoms with van der Waals surface area (Å²) in [5, 5.41) is 3.22. The van der Waals surface area contributed by atoms with Gasteiger partial charge in [-0.15, -0.1) is 0 Å². The first-order valence-electron chi connectivity index (χ1n) is 10.9. The van der Waals surface area contributed by atoms with Crippen molar-refractivity contribution >= 4 is 45.8 Å². The zero-order valence-electron chi connectivity index (χ0n) is 18.9. The summed E-state index contributed by atoms with van der Waals surface area (Å²) in [6.07, 6.45) is -0.711. The average Bonchev–Trinajstić information content (AvgIpc) is 2.90. The summed E-state index contributed by atoms with van der Waals surface area (Å²) in [6, 6.07) is 38.5. The van der Waals surface area contributed by atoms with Crippen LogP contribution in [0.15, 0.2) is 132 Å². The Bertz CT molecular complexity index is 1160. The normalized spacial score (nSPS) is 12.1. The Hall–Kier alpha value is -3.25. The van der Waals surface area contributed by atoms with Gasteiger partial charge in [0.15, 0.2) is 0 Å². The highest BCUT2D eigenvalue weighted by molar-refractivity contribution is 9.10. The summed E-state index contributed by atoms with van der Waals surface area (Å²) in [4.78, 5) is 12.7. The van der Waals surface area contributed by atoms with Crippen LogP contribution in [0.5, 0.6) is 0 Å². The molecule has 170 valence electrons. The number of carbonyl (C=O) groups excluding carboxylic acids is 1. The molecule has 34 heavy (non-hydrogen) atoms. The number of esters is 1. The van der Waals surface area contributed by atoms with Crippen molar-refractivity contribution in [1.82, 2.24) is 0 Å². The zero-order chi connectivity index (χ0) is 24.0. The summed E-state index contributed by atoms with van der Waals surface area (Å²) < 4.78 is 13.2. The molecular formula is C29H25BrO3Si. The maximum Gasteiger partial charge on any atom is 0.336 e. The number of methoxy groups -OCH3 is 1. The topological polar surface area (TPSA) is 35.5 Å². The third-order valence-electron chi connectivity index (χ3n) is 5.75. The van der Waals surface area contributed by atoms with E-state index in [0.717, 1.165) is 25.6 Å². The Morgan fingerprint density at radius 1 is 0.765 bits per heavy atom. The minimum atomic E-state index is -3.09. The average molecular weight is 530 g/mol. The van der Waals surface area contributed by atoms with Gasteiger partial charge in [-0.2, -0.15) is 0 Å². The van der Waals surface area contributed by atoms with Crippen LogP contribution >= 0.6 is 15.9 Å². The largest absolute Gasteiger partial charge is 0.466 e. The molecule has 0 aliphatic carbocycles. The van der Waals surface area contributed by atoms with Gasteiger partial charge in [-0.1, -0.05) is 126 Å². The van der Waals surface area contributed by atoms with Crippen molar-refractivity contribution in [2.75, 3.05) is 7.11 Å². The fourth-order valence-electron chi connectivity index (χ4n) is 4.15. The molecule has 0 unspecified atom stereocenters. The van der Waals surface area contributed by atoms with E-state index in [1.807, 2.05) is 78.9 Å².